The molecule has 0 saturated heterocycles. The van der Waals surface area contributed by atoms with Gasteiger partial charge in [0.15, 0.2) is 0 Å². The van der Waals surface area contributed by atoms with Crippen molar-refractivity contribution in [1.29, 1.82) is 0 Å². The summed E-state index contributed by atoms with van der Waals surface area (Å²) in [5.41, 5.74) is 0.874. The van der Waals surface area contributed by atoms with E-state index in [0.29, 0.717) is 30.3 Å². The number of halogens is 1. The van der Waals surface area contributed by atoms with Crippen LogP contribution in [0.25, 0.3) is 0 Å². The largest absolute Gasteiger partial charge is 0.493 e. The number of hydrogen-bond donors (Lipinski definition) is 3. The summed E-state index contributed by atoms with van der Waals surface area (Å²) in [6.07, 6.45) is 1.42. The molecule has 0 aliphatic carbocycles. The van der Waals surface area contributed by atoms with E-state index < -0.39 is 0 Å². The van der Waals surface area contributed by atoms with E-state index in [1.165, 1.54) is 0 Å². The third-order valence-corrected chi connectivity index (χ3v) is 3.18. The summed E-state index contributed by atoms with van der Waals surface area (Å²) < 4.78 is 5.50. The highest BCUT2D eigenvalue weighted by atomic mass is 35.5. The summed E-state index contributed by atoms with van der Waals surface area (Å²) in [5.74, 6) is 0.679. The zero-order valence-electron chi connectivity index (χ0n) is 12.5. The van der Waals surface area contributed by atoms with Gasteiger partial charge in [-0.25, -0.2) is 4.79 Å². The molecule has 0 heterocycles. The highest BCUT2D eigenvalue weighted by Crippen LogP contribution is 2.23. The molecule has 0 saturated carbocycles. The molecule has 0 aromatic heterocycles. The van der Waals surface area contributed by atoms with Gasteiger partial charge >= 0.3 is 6.03 Å². The molecule has 3 N–H and O–H groups in total. The van der Waals surface area contributed by atoms with E-state index in [0.717, 1.165) is 12.0 Å². The molecule has 1 atom stereocenters. The van der Waals surface area contributed by atoms with Crippen LogP contribution in [-0.4, -0.2) is 30.4 Å². The van der Waals surface area contributed by atoms with E-state index >= 15 is 0 Å². The van der Waals surface area contributed by atoms with Gasteiger partial charge in [-0.2, -0.15) is 0 Å². The topological polar surface area (TPSA) is 70.6 Å². The summed E-state index contributed by atoms with van der Waals surface area (Å²) in [5, 5.41) is 15.0. The van der Waals surface area contributed by atoms with Gasteiger partial charge in [0.2, 0.25) is 0 Å². The number of ether oxygens (including phenoxy) is 1. The standard InChI is InChI=1S/C15H23ClN2O3/c1-3-21-14-9-13(16)7-6-12(14)10-17-15(20)18-11(2)5-4-8-19/h6-7,9,11,19H,3-5,8,10H2,1-2H3,(H2,17,18,20). The van der Waals surface area contributed by atoms with Gasteiger partial charge in [0.1, 0.15) is 5.75 Å². The van der Waals surface area contributed by atoms with E-state index in [1.807, 2.05) is 19.9 Å². The number of carbonyl (C=O) groups is 1. The summed E-state index contributed by atoms with van der Waals surface area (Å²) in [7, 11) is 0. The molecule has 1 aromatic rings. The third kappa shape index (κ3) is 6.69. The maximum atomic E-state index is 11.8. The molecule has 0 radical (unpaired) electrons. The molecule has 118 valence electrons. The van der Waals surface area contributed by atoms with Crippen LogP contribution in [0.2, 0.25) is 5.02 Å². The van der Waals surface area contributed by atoms with Crippen molar-refractivity contribution >= 4 is 17.6 Å². The monoisotopic (exact) mass is 314 g/mol. The van der Waals surface area contributed by atoms with Crippen molar-refractivity contribution < 1.29 is 14.6 Å². The predicted molar refractivity (Wildman–Crippen MR) is 83.8 cm³/mol. The fraction of sp³-hybridized carbons (Fsp3) is 0.533. The number of hydrogen-bond acceptors (Lipinski definition) is 3. The van der Waals surface area contributed by atoms with Crippen molar-refractivity contribution in [3.05, 3.63) is 28.8 Å². The number of amides is 2. The van der Waals surface area contributed by atoms with Crippen LogP contribution < -0.4 is 15.4 Å². The lowest BCUT2D eigenvalue weighted by Gasteiger charge is -2.15. The summed E-state index contributed by atoms with van der Waals surface area (Å²) in [6, 6.07) is 5.13. The number of carbonyl (C=O) groups excluding carboxylic acids is 1. The molecule has 0 aliphatic heterocycles. The van der Waals surface area contributed by atoms with Gasteiger partial charge in [-0.15, -0.1) is 0 Å². The van der Waals surface area contributed by atoms with Crippen molar-refractivity contribution in [3.8, 4) is 5.75 Å². The number of urea groups is 1. The Labute approximate surface area is 130 Å². The van der Waals surface area contributed by atoms with E-state index in [1.54, 1.807) is 12.1 Å². The van der Waals surface area contributed by atoms with Gasteiger partial charge in [0.25, 0.3) is 0 Å². The van der Waals surface area contributed by atoms with Gasteiger partial charge in [0, 0.05) is 29.8 Å². The van der Waals surface area contributed by atoms with Crippen molar-refractivity contribution in [2.45, 2.75) is 39.3 Å². The SMILES string of the molecule is CCOc1cc(Cl)ccc1CNC(=O)NC(C)CCCO. The maximum absolute atomic E-state index is 11.8. The molecular formula is C15H23ClN2O3. The zero-order valence-corrected chi connectivity index (χ0v) is 13.2. The first-order valence-electron chi connectivity index (χ1n) is 7.13. The van der Waals surface area contributed by atoms with Crippen molar-refractivity contribution in [3.63, 3.8) is 0 Å². The molecule has 5 nitrogen and oxygen atoms in total. The van der Waals surface area contributed by atoms with Crippen LogP contribution in [0.1, 0.15) is 32.3 Å². The van der Waals surface area contributed by atoms with Crippen LogP contribution in [0, 0.1) is 0 Å². The smallest absolute Gasteiger partial charge is 0.315 e. The average Bonchev–Trinajstić information content (AvgIpc) is 2.44. The van der Waals surface area contributed by atoms with Crippen LogP contribution in [0.3, 0.4) is 0 Å². The number of benzene rings is 1. The Morgan fingerprint density at radius 3 is 2.90 bits per heavy atom. The third-order valence-electron chi connectivity index (χ3n) is 2.94. The molecule has 0 aliphatic rings. The molecule has 0 bridgehead atoms. The Balaban J connectivity index is 2.49. The predicted octanol–water partition coefficient (Wildman–Crippen LogP) is 2.70. The van der Waals surface area contributed by atoms with Crippen molar-refractivity contribution in [2.75, 3.05) is 13.2 Å². The van der Waals surface area contributed by atoms with E-state index in [4.69, 9.17) is 21.4 Å². The normalized spacial score (nSPS) is 11.8. The Morgan fingerprint density at radius 2 is 2.24 bits per heavy atom. The summed E-state index contributed by atoms with van der Waals surface area (Å²) in [6.45, 7) is 4.84. The van der Waals surface area contributed by atoms with E-state index in [2.05, 4.69) is 10.6 Å². The van der Waals surface area contributed by atoms with Crippen LogP contribution in [-0.2, 0) is 6.54 Å². The maximum Gasteiger partial charge on any atom is 0.315 e. The molecule has 1 unspecified atom stereocenters. The number of aliphatic hydroxyl groups excluding tert-OH is 1. The van der Waals surface area contributed by atoms with Gasteiger partial charge in [-0.05, 0) is 38.8 Å². The molecule has 2 amide bonds. The minimum Gasteiger partial charge on any atom is -0.493 e. The zero-order chi connectivity index (χ0) is 15.7. The lowest BCUT2D eigenvalue weighted by molar-refractivity contribution is 0.233. The molecule has 0 fully saturated rings. The Morgan fingerprint density at radius 1 is 1.48 bits per heavy atom. The van der Waals surface area contributed by atoms with Crippen molar-refractivity contribution in [1.82, 2.24) is 10.6 Å². The molecule has 0 spiro atoms. The quantitative estimate of drug-likeness (QED) is 0.691. The highest BCUT2D eigenvalue weighted by molar-refractivity contribution is 6.30. The van der Waals surface area contributed by atoms with Gasteiger partial charge in [-0.1, -0.05) is 17.7 Å². The molecule has 6 heteroatoms. The summed E-state index contributed by atoms with van der Waals surface area (Å²) >= 11 is 5.93. The van der Waals surface area contributed by atoms with Crippen LogP contribution >= 0.6 is 11.6 Å². The Bertz CT molecular complexity index is 455. The minimum atomic E-state index is -0.238. The fourth-order valence-corrected chi connectivity index (χ4v) is 2.05. The molecular weight excluding hydrogens is 292 g/mol. The fourth-order valence-electron chi connectivity index (χ4n) is 1.88. The first-order chi connectivity index (χ1) is 10.1. The first kappa shape index (κ1) is 17.6. The number of nitrogens with one attached hydrogen (secondary N) is 2. The molecule has 21 heavy (non-hydrogen) atoms. The van der Waals surface area contributed by atoms with Gasteiger partial charge < -0.3 is 20.5 Å². The molecule has 1 aromatic carbocycles. The minimum absolute atomic E-state index is 0.0220. The van der Waals surface area contributed by atoms with Crippen LogP contribution in [0.4, 0.5) is 4.79 Å². The second-order valence-corrected chi connectivity index (χ2v) is 5.22. The van der Waals surface area contributed by atoms with Gasteiger partial charge in [-0.3, -0.25) is 0 Å². The van der Waals surface area contributed by atoms with Gasteiger partial charge in [0.05, 0.1) is 6.61 Å². The lowest BCUT2D eigenvalue weighted by Crippen LogP contribution is -2.40. The number of rotatable bonds is 8. The first-order valence-corrected chi connectivity index (χ1v) is 7.51. The molecule has 1 rings (SSSR count). The Hall–Kier alpha value is -1.46. The lowest BCUT2D eigenvalue weighted by atomic mass is 10.2. The van der Waals surface area contributed by atoms with Crippen LogP contribution in [0.5, 0.6) is 5.75 Å². The average molecular weight is 315 g/mol. The summed E-state index contributed by atoms with van der Waals surface area (Å²) in [4.78, 5) is 11.8. The second-order valence-electron chi connectivity index (χ2n) is 4.78. The highest BCUT2D eigenvalue weighted by Gasteiger charge is 2.09. The van der Waals surface area contributed by atoms with Crippen LogP contribution in [0.15, 0.2) is 18.2 Å². The van der Waals surface area contributed by atoms with E-state index in [9.17, 15) is 4.79 Å². The van der Waals surface area contributed by atoms with E-state index in [-0.39, 0.29) is 18.7 Å². The Kier molecular flexibility index (Phi) is 7.93. The second kappa shape index (κ2) is 9.47. The van der Waals surface area contributed by atoms with Crippen molar-refractivity contribution in [2.24, 2.45) is 0 Å². The number of aliphatic hydroxyl groups is 1.